The predicted octanol–water partition coefficient (Wildman–Crippen LogP) is 3.55. The molecule has 1 heterocycles. The summed E-state index contributed by atoms with van der Waals surface area (Å²) in [7, 11) is 0. The van der Waals surface area contributed by atoms with Gasteiger partial charge in [0.15, 0.2) is 0 Å². The summed E-state index contributed by atoms with van der Waals surface area (Å²) in [5, 5.41) is 2.72. The van der Waals surface area contributed by atoms with E-state index in [1.165, 1.54) is 0 Å². The molecule has 0 unspecified atom stereocenters. The first kappa shape index (κ1) is 13.5. The van der Waals surface area contributed by atoms with Gasteiger partial charge in [0, 0.05) is 6.20 Å². The van der Waals surface area contributed by atoms with Crippen molar-refractivity contribution >= 4 is 11.8 Å². The Bertz CT molecular complexity index is 395. The Balaban J connectivity index is 2.78. The molecule has 1 N–H and O–H groups in total. The molecule has 0 saturated heterocycles. The zero-order chi connectivity index (χ0) is 13.1. The van der Waals surface area contributed by atoms with Gasteiger partial charge < -0.3 is 4.74 Å². The van der Waals surface area contributed by atoms with E-state index in [0.29, 0.717) is 11.6 Å². The largest absolute Gasteiger partial charge is 0.444 e. The molecule has 1 amide bonds. The Morgan fingerprint density at radius 2 is 2.06 bits per heavy atom. The average Bonchev–Trinajstić information content (AvgIpc) is 2.14. The van der Waals surface area contributed by atoms with Crippen LogP contribution < -0.4 is 5.32 Å². The Morgan fingerprint density at radius 3 is 2.59 bits per heavy atom. The summed E-state index contributed by atoms with van der Waals surface area (Å²) in [6.07, 6.45) is 2.90. The number of carbonyl (C=O) groups excluding carboxylic acids is 1. The minimum absolute atomic E-state index is 0.322. The van der Waals surface area contributed by atoms with Gasteiger partial charge in [0.2, 0.25) is 0 Å². The Kier molecular flexibility index (Phi) is 4.10. The molecule has 1 rings (SSSR count). The number of amides is 1. The smallest absolute Gasteiger partial charge is 0.412 e. The van der Waals surface area contributed by atoms with Gasteiger partial charge in [-0.25, -0.2) is 4.79 Å². The molecule has 0 spiro atoms. The molecule has 1 aromatic rings. The van der Waals surface area contributed by atoms with Crippen molar-refractivity contribution in [1.29, 1.82) is 0 Å². The van der Waals surface area contributed by atoms with E-state index in [0.717, 1.165) is 5.56 Å². The highest BCUT2D eigenvalue weighted by molar-refractivity contribution is 5.85. The first-order chi connectivity index (χ1) is 7.79. The van der Waals surface area contributed by atoms with Crippen molar-refractivity contribution in [3.63, 3.8) is 0 Å². The highest BCUT2D eigenvalue weighted by Crippen LogP contribution is 2.23. The molecule has 0 aromatic carbocycles. The van der Waals surface area contributed by atoms with Gasteiger partial charge in [-0.2, -0.15) is 0 Å². The zero-order valence-corrected chi connectivity index (χ0v) is 11.1. The topological polar surface area (TPSA) is 51.2 Å². The van der Waals surface area contributed by atoms with Crippen molar-refractivity contribution in [2.45, 2.75) is 46.1 Å². The summed E-state index contributed by atoms with van der Waals surface area (Å²) in [6, 6.07) is 1.90. The molecule has 94 valence electrons. The van der Waals surface area contributed by atoms with E-state index in [1.54, 1.807) is 12.4 Å². The molecule has 0 bridgehead atoms. The lowest BCUT2D eigenvalue weighted by atomic mass is 10.0. The van der Waals surface area contributed by atoms with Crippen LogP contribution in [0.4, 0.5) is 10.5 Å². The molecule has 0 fully saturated rings. The average molecular weight is 236 g/mol. The van der Waals surface area contributed by atoms with Gasteiger partial charge in [-0.3, -0.25) is 10.3 Å². The van der Waals surface area contributed by atoms with E-state index >= 15 is 0 Å². The van der Waals surface area contributed by atoms with Crippen LogP contribution in [0.15, 0.2) is 18.5 Å². The molecular weight excluding hydrogens is 216 g/mol. The summed E-state index contributed by atoms with van der Waals surface area (Å²) < 4.78 is 5.20. The van der Waals surface area contributed by atoms with Crippen LogP contribution in [0.3, 0.4) is 0 Å². The second-order valence-corrected chi connectivity index (χ2v) is 5.24. The lowest BCUT2D eigenvalue weighted by Gasteiger charge is -2.20. The summed E-state index contributed by atoms with van der Waals surface area (Å²) in [4.78, 5) is 15.6. The maximum absolute atomic E-state index is 11.6. The Morgan fingerprint density at radius 1 is 1.41 bits per heavy atom. The number of anilines is 1. The number of ether oxygens (including phenoxy) is 1. The number of rotatable bonds is 2. The highest BCUT2D eigenvalue weighted by atomic mass is 16.6. The number of nitrogens with zero attached hydrogens (tertiary/aromatic N) is 1. The zero-order valence-electron chi connectivity index (χ0n) is 11.1. The number of aromatic nitrogens is 1. The number of hydrogen-bond donors (Lipinski definition) is 1. The Hall–Kier alpha value is -1.58. The number of carbonyl (C=O) groups is 1. The molecule has 4 nitrogen and oxygen atoms in total. The third kappa shape index (κ3) is 4.43. The normalized spacial score (nSPS) is 11.4. The molecular formula is C13H20N2O2. The van der Waals surface area contributed by atoms with Crippen LogP contribution >= 0.6 is 0 Å². The fourth-order valence-corrected chi connectivity index (χ4v) is 1.43. The molecule has 17 heavy (non-hydrogen) atoms. The van der Waals surface area contributed by atoms with Gasteiger partial charge in [0.25, 0.3) is 0 Å². The first-order valence-corrected chi connectivity index (χ1v) is 5.73. The third-order valence-electron chi connectivity index (χ3n) is 2.11. The maximum atomic E-state index is 11.6. The molecule has 0 saturated carbocycles. The van der Waals surface area contributed by atoms with Gasteiger partial charge in [-0.15, -0.1) is 0 Å². The van der Waals surface area contributed by atoms with Crippen molar-refractivity contribution in [2.75, 3.05) is 5.32 Å². The van der Waals surface area contributed by atoms with Crippen LogP contribution in [0, 0.1) is 0 Å². The molecule has 0 aliphatic heterocycles. The van der Waals surface area contributed by atoms with Gasteiger partial charge in [0.05, 0.1) is 11.9 Å². The second kappa shape index (κ2) is 5.17. The lowest BCUT2D eigenvalue weighted by Crippen LogP contribution is -2.27. The van der Waals surface area contributed by atoms with Crippen molar-refractivity contribution in [2.24, 2.45) is 0 Å². The van der Waals surface area contributed by atoms with E-state index < -0.39 is 11.7 Å². The third-order valence-corrected chi connectivity index (χ3v) is 2.11. The SMILES string of the molecule is CC(C)c1ccncc1NC(=O)OC(C)(C)C. The van der Waals surface area contributed by atoms with Crippen LogP contribution in [-0.4, -0.2) is 16.7 Å². The second-order valence-electron chi connectivity index (χ2n) is 5.24. The van der Waals surface area contributed by atoms with Crippen LogP contribution in [-0.2, 0) is 4.74 Å². The number of nitrogens with one attached hydrogen (secondary N) is 1. The van der Waals surface area contributed by atoms with E-state index in [2.05, 4.69) is 24.1 Å². The molecule has 4 heteroatoms. The number of pyridine rings is 1. The van der Waals surface area contributed by atoms with Gasteiger partial charge >= 0.3 is 6.09 Å². The minimum Gasteiger partial charge on any atom is -0.444 e. The summed E-state index contributed by atoms with van der Waals surface area (Å²) >= 11 is 0. The first-order valence-electron chi connectivity index (χ1n) is 5.73. The van der Waals surface area contributed by atoms with Crippen molar-refractivity contribution in [3.8, 4) is 0 Å². The summed E-state index contributed by atoms with van der Waals surface area (Å²) in [5.74, 6) is 0.322. The fraction of sp³-hybridized carbons (Fsp3) is 0.538. The van der Waals surface area contributed by atoms with Gasteiger partial charge in [-0.1, -0.05) is 13.8 Å². The number of hydrogen-bond acceptors (Lipinski definition) is 3. The van der Waals surface area contributed by atoms with Crippen LogP contribution in [0.25, 0.3) is 0 Å². The van der Waals surface area contributed by atoms with Crippen molar-refractivity contribution in [3.05, 3.63) is 24.0 Å². The van der Waals surface area contributed by atoms with Gasteiger partial charge in [-0.05, 0) is 38.3 Å². The standard InChI is InChI=1S/C13H20N2O2/c1-9(2)10-6-7-14-8-11(10)15-12(16)17-13(3,4)5/h6-9H,1-5H3,(H,15,16). The van der Waals surface area contributed by atoms with Crippen LogP contribution in [0.2, 0.25) is 0 Å². The molecule has 0 radical (unpaired) electrons. The van der Waals surface area contributed by atoms with E-state index in [4.69, 9.17) is 4.74 Å². The maximum Gasteiger partial charge on any atom is 0.412 e. The van der Waals surface area contributed by atoms with Crippen molar-refractivity contribution < 1.29 is 9.53 Å². The van der Waals surface area contributed by atoms with Crippen LogP contribution in [0.1, 0.15) is 46.1 Å². The Labute approximate surface area is 102 Å². The summed E-state index contributed by atoms with van der Waals surface area (Å²) in [5.41, 5.74) is 1.26. The van der Waals surface area contributed by atoms with E-state index in [1.807, 2.05) is 26.8 Å². The summed E-state index contributed by atoms with van der Waals surface area (Å²) in [6.45, 7) is 9.63. The van der Waals surface area contributed by atoms with Crippen molar-refractivity contribution in [1.82, 2.24) is 4.98 Å². The predicted molar refractivity (Wildman–Crippen MR) is 68.2 cm³/mol. The minimum atomic E-state index is -0.496. The quantitative estimate of drug-likeness (QED) is 0.854. The molecule has 0 aliphatic rings. The molecule has 0 aliphatic carbocycles. The molecule has 1 aromatic heterocycles. The lowest BCUT2D eigenvalue weighted by molar-refractivity contribution is 0.0635. The monoisotopic (exact) mass is 236 g/mol. The van der Waals surface area contributed by atoms with Gasteiger partial charge in [0.1, 0.15) is 5.60 Å². The van der Waals surface area contributed by atoms with Crippen LogP contribution in [0.5, 0.6) is 0 Å². The van der Waals surface area contributed by atoms with E-state index in [-0.39, 0.29) is 0 Å². The van der Waals surface area contributed by atoms with E-state index in [9.17, 15) is 4.79 Å². The highest BCUT2D eigenvalue weighted by Gasteiger charge is 2.17. The molecule has 0 atom stereocenters. The fourth-order valence-electron chi connectivity index (χ4n) is 1.43.